The molecule has 6 nitrogen and oxygen atoms in total. The Morgan fingerprint density at radius 3 is 2.74 bits per heavy atom. The smallest absolute Gasteiger partial charge is 0.274 e. The minimum atomic E-state index is -0.304. The highest BCUT2D eigenvalue weighted by molar-refractivity contribution is 7.13. The number of fused-ring (bicyclic) bond motifs is 1. The van der Waals surface area contributed by atoms with Crippen molar-refractivity contribution in [3.8, 4) is 16.3 Å². The van der Waals surface area contributed by atoms with Gasteiger partial charge in [0.1, 0.15) is 5.01 Å². The number of hydrogen-bond acceptors (Lipinski definition) is 5. The van der Waals surface area contributed by atoms with Crippen LogP contribution < -0.4 is 10.2 Å². The zero-order chi connectivity index (χ0) is 22.0. The van der Waals surface area contributed by atoms with Crippen molar-refractivity contribution in [2.75, 3.05) is 13.2 Å². The van der Waals surface area contributed by atoms with E-state index in [2.05, 4.69) is 4.98 Å². The van der Waals surface area contributed by atoms with Gasteiger partial charge in [-0.1, -0.05) is 42.6 Å². The molecular formula is C22H21Cl2N3O3S. The number of carbonyl (C=O) groups is 1. The van der Waals surface area contributed by atoms with E-state index in [1.54, 1.807) is 29.4 Å². The molecule has 1 aromatic carbocycles. The van der Waals surface area contributed by atoms with E-state index in [0.717, 1.165) is 18.4 Å². The van der Waals surface area contributed by atoms with Gasteiger partial charge >= 0.3 is 0 Å². The van der Waals surface area contributed by atoms with E-state index in [1.807, 2.05) is 22.9 Å². The summed E-state index contributed by atoms with van der Waals surface area (Å²) in [5.74, 6) is -0.142. The molecule has 0 aliphatic carbocycles. The monoisotopic (exact) mass is 477 g/mol. The highest BCUT2D eigenvalue weighted by Gasteiger charge is 2.31. The van der Waals surface area contributed by atoms with Gasteiger partial charge in [0.15, 0.2) is 11.4 Å². The van der Waals surface area contributed by atoms with Crippen molar-refractivity contribution in [1.29, 1.82) is 0 Å². The Balaban J connectivity index is 1.72. The third-order valence-corrected chi connectivity index (χ3v) is 6.65. The van der Waals surface area contributed by atoms with Crippen molar-refractivity contribution in [1.82, 2.24) is 14.5 Å². The number of halogens is 2. The van der Waals surface area contributed by atoms with Gasteiger partial charge in [-0.05, 0) is 24.1 Å². The Bertz CT molecular complexity index is 1160. The fraction of sp³-hybridized carbons (Fsp3) is 0.318. The fourth-order valence-electron chi connectivity index (χ4n) is 3.49. The lowest BCUT2D eigenvalue weighted by Gasteiger charge is -2.31. The molecule has 3 aromatic rings. The van der Waals surface area contributed by atoms with Gasteiger partial charge in [-0.2, -0.15) is 0 Å². The number of pyridine rings is 1. The van der Waals surface area contributed by atoms with Gasteiger partial charge in [0.05, 0.1) is 22.2 Å². The Hall–Kier alpha value is -2.35. The first kappa shape index (κ1) is 21.9. The lowest BCUT2D eigenvalue weighted by Crippen LogP contribution is -2.41. The van der Waals surface area contributed by atoms with E-state index in [0.29, 0.717) is 46.9 Å². The quantitative estimate of drug-likeness (QED) is 0.443. The number of ether oxygens (including phenoxy) is 1. The number of nitrogens with zero attached hydrogens (tertiary/aromatic N) is 3. The van der Waals surface area contributed by atoms with Crippen LogP contribution >= 0.6 is 34.5 Å². The lowest BCUT2D eigenvalue weighted by molar-refractivity contribution is 0.0681. The molecule has 0 atom stereocenters. The first-order valence-electron chi connectivity index (χ1n) is 10.0. The van der Waals surface area contributed by atoms with Crippen LogP contribution in [-0.2, 0) is 13.1 Å². The average Bonchev–Trinajstić information content (AvgIpc) is 3.29. The third kappa shape index (κ3) is 4.49. The number of hydrogen-bond donors (Lipinski definition) is 0. The van der Waals surface area contributed by atoms with Crippen molar-refractivity contribution in [3.63, 3.8) is 0 Å². The first-order valence-corrected chi connectivity index (χ1v) is 11.7. The molecule has 0 radical (unpaired) electrons. The van der Waals surface area contributed by atoms with Crippen LogP contribution in [0.1, 0.15) is 35.8 Å². The molecular weight excluding hydrogens is 457 g/mol. The number of rotatable bonds is 7. The number of amides is 1. The summed E-state index contributed by atoms with van der Waals surface area (Å²) in [7, 11) is 0. The van der Waals surface area contributed by atoms with E-state index < -0.39 is 0 Å². The average molecular weight is 478 g/mol. The van der Waals surface area contributed by atoms with Crippen molar-refractivity contribution in [2.24, 2.45) is 0 Å². The number of thiazole rings is 1. The molecule has 0 unspecified atom stereocenters. The highest BCUT2D eigenvalue weighted by atomic mass is 35.5. The minimum absolute atomic E-state index is 0.102. The molecule has 0 fully saturated rings. The van der Waals surface area contributed by atoms with Crippen LogP contribution in [0.15, 0.2) is 40.8 Å². The number of carbonyl (C=O) groups excluding carboxylic acids is 1. The van der Waals surface area contributed by atoms with Crippen LogP contribution in [-0.4, -0.2) is 33.5 Å². The van der Waals surface area contributed by atoms with Crippen LogP contribution in [0.5, 0.6) is 5.75 Å². The molecule has 4 rings (SSSR count). The molecule has 1 aliphatic heterocycles. The van der Waals surface area contributed by atoms with E-state index >= 15 is 0 Å². The maximum absolute atomic E-state index is 13.4. The predicted octanol–water partition coefficient (Wildman–Crippen LogP) is 5.11. The van der Waals surface area contributed by atoms with Crippen molar-refractivity contribution in [2.45, 2.75) is 32.9 Å². The van der Waals surface area contributed by atoms with E-state index in [1.165, 1.54) is 11.3 Å². The molecule has 1 aliphatic rings. The van der Waals surface area contributed by atoms with Crippen LogP contribution in [0.3, 0.4) is 0 Å². The second-order valence-electron chi connectivity index (χ2n) is 7.26. The second kappa shape index (κ2) is 9.42. The minimum Gasteiger partial charge on any atom is -0.487 e. The molecule has 2 aromatic heterocycles. The zero-order valence-corrected chi connectivity index (χ0v) is 19.3. The van der Waals surface area contributed by atoms with Crippen LogP contribution in [0.2, 0.25) is 10.0 Å². The Kier molecular flexibility index (Phi) is 6.65. The molecule has 0 spiro atoms. The Morgan fingerprint density at radius 2 is 2.03 bits per heavy atom. The summed E-state index contributed by atoms with van der Waals surface area (Å²) in [5.41, 5.74) is 1.30. The van der Waals surface area contributed by atoms with Crippen molar-refractivity contribution < 1.29 is 9.53 Å². The molecule has 3 heterocycles. The number of unbranched alkanes of at least 4 members (excludes halogenated alkanes) is 1. The summed E-state index contributed by atoms with van der Waals surface area (Å²) in [5, 5.41) is 3.34. The van der Waals surface area contributed by atoms with E-state index in [9.17, 15) is 9.59 Å². The molecule has 1 amide bonds. The van der Waals surface area contributed by atoms with Crippen LogP contribution in [0.4, 0.5) is 0 Å². The normalized spacial score (nSPS) is 13.4. The Morgan fingerprint density at radius 1 is 1.19 bits per heavy atom. The number of aromatic nitrogens is 2. The second-order valence-corrected chi connectivity index (χ2v) is 8.97. The molecule has 0 saturated heterocycles. The maximum Gasteiger partial charge on any atom is 0.274 e. The van der Waals surface area contributed by atoms with Gasteiger partial charge in [0, 0.05) is 37.4 Å². The van der Waals surface area contributed by atoms with Crippen LogP contribution in [0, 0.1) is 0 Å². The van der Waals surface area contributed by atoms with Crippen LogP contribution in [0.25, 0.3) is 10.6 Å². The molecule has 0 saturated carbocycles. The molecule has 0 bridgehead atoms. The summed E-state index contributed by atoms with van der Waals surface area (Å²) in [6, 6.07) is 5.31. The largest absolute Gasteiger partial charge is 0.487 e. The standard InChI is InChI=1S/C22H21Cl2N3O3S/c1-2-3-9-30-20-18-22(29)27(12-14-4-5-16(23)17(24)11-14)8-7-26(18)13-15(19(20)28)21-25-6-10-31-21/h4-6,10-11,13H,2-3,7-9,12H2,1H3. The fourth-order valence-corrected chi connectivity index (χ4v) is 4.45. The van der Waals surface area contributed by atoms with E-state index in [4.69, 9.17) is 27.9 Å². The van der Waals surface area contributed by atoms with Gasteiger partial charge in [-0.15, -0.1) is 11.3 Å². The highest BCUT2D eigenvalue weighted by Crippen LogP contribution is 2.28. The summed E-state index contributed by atoms with van der Waals surface area (Å²) in [6.07, 6.45) is 5.09. The maximum atomic E-state index is 13.4. The van der Waals surface area contributed by atoms with Gasteiger partial charge < -0.3 is 14.2 Å². The molecule has 9 heteroatoms. The van der Waals surface area contributed by atoms with Crippen molar-refractivity contribution in [3.05, 3.63) is 67.5 Å². The van der Waals surface area contributed by atoms with Crippen molar-refractivity contribution >= 4 is 40.4 Å². The SMILES string of the molecule is CCCCOc1c2n(cc(-c3nccs3)c1=O)CCN(Cc1ccc(Cl)c(Cl)c1)C2=O. The molecule has 31 heavy (non-hydrogen) atoms. The van der Waals surface area contributed by atoms with E-state index in [-0.39, 0.29) is 22.8 Å². The Labute approximate surface area is 194 Å². The zero-order valence-electron chi connectivity index (χ0n) is 16.9. The first-order chi connectivity index (χ1) is 15.0. The van der Waals surface area contributed by atoms with Gasteiger partial charge in [-0.25, -0.2) is 4.98 Å². The number of benzene rings is 1. The topological polar surface area (TPSA) is 64.4 Å². The predicted molar refractivity (Wildman–Crippen MR) is 123 cm³/mol. The third-order valence-electron chi connectivity index (χ3n) is 5.10. The lowest BCUT2D eigenvalue weighted by atomic mass is 10.1. The van der Waals surface area contributed by atoms with Gasteiger partial charge in [0.25, 0.3) is 5.91 Å². The summed E-state index contributed by atoms with van der Waals surface area (Å²) < 4.78 is 7.69. The molecule has 0 N–H and O–H groups in total. The summed E-state index contributed by atoms with van der Waals surface area (Å²) in [4.78, 5) is 32.6. The van der Waals surface area contributed by atoms with Gasteiger partial charge in [-0.3, -0.25) is 9.59 Å². The summed E-state index contributed by atoms with van der Waals surface area (Å²) in [6.45, 7) is 3.83. The summed E-state index contributed by atoms with van der Waals surface area (Å²) >= 11 is 13.5. The molecule has 162 valence electrons. The van der Waals surface area contributed by atoms with Gasteiger partial charge in [0.2, 0.25) is 5.43 Å².